The highest BCUT2D eigenvalue weighted by Crippen LogP contribution is 2.43. The summed E-state index contributed by atoms with van der Waals surface area (Å²) in [4.78, 5) is 23.6. The van der Waals surface area contributed by atoms with Crippen LogP contribution in [0, 0.1) is 11.3 Å². The molecule has 0 spiro atoms. The highest BCUT2D eigenvalue weighted by atomic mass is 16.5. The first-order chi connectivity index (χ1) is 8.59. The summed E-state index contributed by atoms with van der Waals surface area (Å²) in [6.07, 6.45) is 3.69. The fourth-order valence-corrected chi connectivity index (χ4v) is 2.82. The predicted molar refractivity (Wildman–Crippen MR) is 65.2 cm³/mol. The van der Waals surface area contributed by atoms with Crippen LogP contribution in [-0.4, -0.2) is 37.4 Å². The standard InChI is InChI=1S/C13H22O5/c1-3-18-9-8-13(11(14)15,12(16)17-2)10-6-4-5-7-10/h10H,3-9H2,1-2H3,(H,14,15). The number of aliphatic carboxylic acids is 1. The lowest BCUT2D eigenvalue weighted by atomic mass is 9.72. The number of hydrogen-bond acceptors (Lipinski definition) is 4. The van der Waals surface area contributed by atoms with Crippen molar-refractivity contribution in [2.45, 2.75) is 39.0 Å². The first-order valence-electron chi connectivity index (χ1n) is 6.49. The Morgan fingerprint density at radius 1 is 1.33 bits per heavy atom. The molecule has 0 aliphatic heterocycles. The number of ether oxygens (including phenoxy) is 2. The van der Waals surface area contributed by atoms with E-state index in [0.29, 0.717) is 6.61 Å². The van der Waals surface area contributed by atoms with Crippen LogP contribution < -0.4 is 0 Å². The van der Waals surface area contributed by atoms with Crippen molar-refractivity contribution < 1.29 is 24.2 Å². The normalized spacial score (nSPS) is 19.4. The molecule has 5 heteroatoms. The Morgan fingerprint density at radius 2 is 1.94 bits per heavy atom. The van der Waals surface area contributed by atoms with Crippen LogP contribution in [0.3, 0.4) is 0 Å². The topological polar surface area (TPSA) is 72.8 Å². The molecule has 1 N–H and O–H groups in total. The zero-order chi connectivity index (χ0) is 13.6. The van der Waals surface area contributed by atoms with Gasteiger partial charge in [-0.15, -0.1) is 0 Å². The summed E-state index contributed by atoms with van der Waals surface area (Å²) in [6, 6.07) is 0. The van der Waals surface area contributed by atoms with E-state index in [1.807, 2.05) is 6.92 Å². The molecule has 0 saturated heterocycles. The Bertz CT molecular complexity index is 296. The number of hydrogen-bond donors (Lipinski definition) is 1. The van der Waals surface area contributed by atoms with Crippen LogP contribution in [0.5, 0.6) is 0 Å². The smallest absolute Gasteiger partial charge is 0.323 e. The van der Waals surface area contributed by atoms with Crippen LogP contribution in [0.2, 0.25) is 0 Å². The van der Waals surface area contributed by atoms with Gasteiger partial charge in [-0.3, -0.25) is 9.59 Å². The lowest BCUT2D eigenvalue weighted by Crippen LogP contribution is -2.46. The summed E-state index contributed by atoms with van der Waals surface area (Å²) in [6.45, 7) is 2.63. The third kappa shape index (κ3) is 2.83. The SMILES string of the molecule is CCOCCC(C(=O)O)(C(=O)OC)C1CCCC1. The molecule has 5 nitrogen and oxygen atoms in total. The van der Waals surface area contributed by atoms with Crippen molar-refractivity contribution in [3.05, 3.63) is 0 Å². The lowest BCUT2D eigenvalue weighted by molar-refractivity contribution is -0.173. The van der Waals surface area contributed by atoms with E-state index < -0.39 is 17.4 Å². The zero-order valence-corrected chi connectivity index (χ0v) is 11.1. The predicted octanol–water partition coefficient (Wildman–Crippen LogP) is 1.85. The molecule has 1 rings (SSSR count). The minimum Gasteiger partial charge on any atom is -0.480 e. The number of carboxylic acids is 1. The van der Waals surface area contributed by atoms with Gasteiger partial charge in [0, 0.05) is 13.2 Å². The van der Waals surface area contributed by atoms with Gasteiger partial charge in [0.1, 0.15) is 0 Å². The molecule has 1 aliphatic rings. The fourth-order valence-electron chi connectivity index (χ4n) is 2.82. The van der Waals surface area contributed by atoms with Crippen molar-refractivity contribution in [2.24, 2.45) is 11.3 Å². The van der Waals surface area contributed by atoms with Gasteiger partial charge in [0.15, 0.2) is 5.41 Å². The Labute approximate surface area is 107 Å². The molecular formula is C13H22O5. The highest BCUT2D eigenvalue weighted by molar-refractivity contribution is 5.99. The first-order valence-corrected chi connectivity index (χ1v) is 6.49. The molecular weight excluding hydrogens is 236 g/mol. The number of carbonyl (C=O) groups excluding carboxylic acids is 1. The van der Waals surface area contributed by atoms with E-state index in [1.54, 1.807) is 0 Å². The minimum atomic E-state index is -1.43. The Morgan fingerprint density at radius 3 is 2.39 bits per heavy atom. The molecule has 18 heavy (non-hydrogen) atoms. The van der Waals surface area contributed by atoms with E-state index in [1.165, 1.54) is 7.11 Å². The summed E-state index contributed by atoms with van der Waals surface area (Å²) in [7, 11) is 1.25. The van der Waals surface area contributed by atoms with Crippen LogP contribution in [0.25, 0.3) is 0 Å². The Hall–Kier alpha value is -1.10. The van der Waals surface area contributed by atoms with Gasteiger partial charge in [-0.05, 0) is 32.1 Å². The van der Waals surface area contributed by atoms with Gasteiger partial charge in [-0.1, -0.05) is 12.8 Å². The third-order valence-corrected chi connectivity index (χ3v) is 3.83. The van der Waals surface area contributed by atoms with E-state index in [4.69, 9.17) is 9.47 Å². The monoisotopic (exact) mass is 258 g/mol. The van der Waals surface area contributed by atoms with Gasteiger partial charge in [-0.25, -0.2) is 0 Å². The average molecular weight is 258 g/mol. The van der Waals surface area contributed by atoms with Crippen LogP contribution >= 0.6 is 0 Å². The van der Waals surface area contributed by atoms with E-state index in [9.17, 15) is 14.7 Å². The van der Waals surface area contributed by atoms with Crippen molar-refractivity contribution >= 4 is 11.9 Å². The molecule has 0 aromatic heterocycles. The molecule has 1 saturated carbocycles. The number of methoxy groups -OCH3 is 1. The van der Waals surface area contributed by atoms with Gasteiger partial charge in [0.05, 0.1) is 7.11 Å². The summed E-state index contributed by atoms with van der Waals surface area (Å²) < 4.78 is 9.97. The van der Waals surface area contributed by atoms with E-state index in [-0.39, 0.29) is 18.9 Å². The van der Waals surface area contributed by atoms with E-state index in [0.717, 1.165) is 25.7 Å². The molecule has 1 atom stereocenters. The maximum Gasteiger partial charge on any atom is 0.323 e. The highest BCUT2D eigenvalue weighted by Gasteiger charge is 2.53. The summed E-state index contributed by atoms with van der Waals surface area (Å²) >= 11 is 0. The molecule has 0 amide bonds. The molecule has 0 radical (unpaired) electrons. The van der Waals surface area contributed by atoms with Crippen molar-refractivity contribution in [1.82, 2.24) is 0 Å². The van der Waals surface area contributed by atoms with Gasteiger partial charge < -0.3 is 14.6 Å². The Balaban J connectivity index is 2.93. The lowest BCUT2D eigenvalue weighted by Gasteiger charge is -2.32. The number of carbonyl (C=O) groups is 2. The summed E-state index contributed by atoms with van der Waals surface area (Å²) in [5.41, 5.74) is -1.43. The van der Waals surface area contributed by atoms with Gasteiger partial charge in [-0.2, -0.15) is 0 Å². The quantitative estimate of drug-likeness (QED) is 0.428. The second kappa shape index (κ2) is 6.73. The molecule has 0 heterocycles. The summed E-state index contributed by atoms with van der Waals surface area (Å²) in [5.74, 6) is -1.86. The summed E-state index contributed by atoms with van der Waals surface area (Å²) in [5, 5.41) is 9.53. The molecule has 1 unspecified atom stereocenters. The van der Waals surface area contributed by atoms with Crippen molar-refractivity contribution in [3.63, 3.8) is 0 Å². The van der Waals surface area contributed by atoms with Gasteiger partial charge in [0.2, 0.25) is 0 Å². The van der Waals surface area contributed by atoms with E-state index >= 15 is 0 Å². The van der Waals surface area contributed by atoms with Crippen LogP contribution in [0.1, 0.15) is 39.0 Å². The third-order valence-electron chi connectivity index (χ3n) is 3.83. The van der Waals surface area contributed by atoms with E-state index in [2.05, 4.69) is 0 Å². The molecule has 0 aromatic rings. The van der Waals surface area contributed by atoms with Crippen LogP contribution in [0.15, 0.2) is 0 Å². The van der Waals surface area contributed by atoms with Crippen LogP contribution in [0.4, 0.5) is 0 Å². The van der Waals surface area contributed by atoms with Crippen molar-refractivity contribution in [2.75, 3.05) is 20.3 Å². The second-order valence-electron chi connectivity index (χ2n) is 4.70. The maximum atomic E-state index is 12.0. The number of rotatable bonds is 7. The fraction of sp³-hybridized carbons (Fsp3) is 0.846. The van der Waals surface area contributed by atoms with Gasteiger partial charge >= 0.3 is 11.9 Å². The largest absolute Gasteiger partial charge is 0.480 e. The Kier molecular flexibility index (Phi) is 5.59. The average Bonchev–Trinajstić information content (AvgIpc) is 2.87. The number of carboxylic acid groups (broad SMARTS) is 1. The minimum absolute atomic E-state index is 0.136. The maximum absolute atomic E-state index is 12.0. The van der Waals surface area contributed by atoms with Crippen molar-refractivity contribution in [1.29, 1.82) is 0 Å². The molecule has 1 aliphatic carbocycles. The second-order valence-corrected chi connectivity index (χ2v) is 4.70. The molecule has 0 aromatic carbocycles. The van der Waals surface area contributed by atoms with Crippen molar-refractivity contribution in [3.8, 4) is 0 Å². The number of esters is 1. The molecule has 1 fully saturated rings. The molecule has 104 valence electrons. The van der Waals surface area contributed by atoms with Gasteiger partial charge in [0.25, 0.3) is 0 Å². The van der Waals surface area contributed by atoms with Crippen LogP contribution in [-0.2, 0) is 19.1 Å². The first kappa shape index (κ1) is 15.0. The zero-order valence-electron chi connectivity index (χ0n) is 11.1. The molecule has 0 bridgehead atoms.